The van der Waals surface area contributed by atoms with E-state index in [0.717, 1.165) is 80.5 Å². The van der Waals surface area contributed by atoms with Crippen molar-refractivity contribution in [2.24, 2.45) is 0 Å². The Bertz CT molecular complexity index is 1440. The Hall–Kier alpha value is -2.19. The van der Waals surface area contributed by atoms with Gasteiger partial charge >= 0.3 is 0 Å². The Labute approximate surface area is 214 Å². The van der Waals surface area contributed by atoms with Crippen molar-refractivity contribution in [2.45, 2.75) is 13.0 Å². The molecule has 3 aromatic carbocycles. The first-order valence-corrected chi connectivity index (χ1v) is 13.1. The first-order chi connectivity index (χ1) is 16.5. The summed E-state index contributed by atoms with van der Waals surface area (Å²) in [5, 5.41) is 2.91. The number of hydrogen-bond acceptors (Lipinski definition) is 4. The molecule has 174 valence electrons. The standard InChI is InChI=1S/C27H24Br2N2O3/c1-16-25(27(32)20-5-2-4-19-22(20)12-17(28)13-23(19)29)21-6-3-7-24-26(21)31(16)18(15-34-24)14-30-8-10-33-11-9-30/h2-7,12-13,18H,8-11,14-15H2,1H3. The smallest absolute Gasteiger partial charge is 0.196 e. The van der Waals surface area contributed by atoms with E-state index in [1.54, 1.807) is 0 Å². The third-order valence-corrected chi connectivity index (χ3v) is 8.10. The number of halogens is 2. The van der Waals surface area contributed by atoms with Gasteiger partial charge in [-0.3, -0.25) is 9.69 Å². The number of nitrogens with zero attached hydrogens (tertiary/aromatic N) is 2. The average molecular weight is 584 g/mol. The van der Waals surface area contributed by atoms with Crippen LogP contribution in [0.15, 0.2) is 57.5 Å². The fraction of sp³-hybridized carbons (Fsp3) is 0.296. The summed E-state index contributed by atoms with van der Waals surface area (Å²) in [4.78, 5) is 16.6. The minimum Gasteiger partial charge on any atom is -0.489 e. The molecule has 0 radical (unpaired) electrons. The number of morpholine rings is 1. The molecule has 3 heterocycles. The van der Waals surface area contributed by atoms with Gasteiger partial charge in [-0.25, -0.2) is 0 Å². The summed E-state index contributed by atoms with van der Waals surface area (Å²) >= 11 is 7.24. The summed E-state index contributed by atoms with van der Waals surface area (Å²) < 4.78 is 16.0. The molecule has 2 aliphatic rings. The fourth-order valence-electron chi connectivity index (χ4n) is 5.43. The van der Waals surface area contributed by atoms with Gasteiger partial charge in [0.05, 0.1) is 30.3 Å². The zero-order chi connectivity index (χ0) is 23.4. The van der Waals surface area contributed by atoms with Crippen LogP contribution in [0.4, 0.5) is 0 Å². The van der Waals surface area contributed by atoms with E-state index in [0.29, 0.717) is 12.2 Å². The molecule has 0 aliphatic carbocycles. The summed E-state index contributed by atoms with van der Waals surface area (Å²) in [5.41, 5.74) is 3.49. The second kappa shape index (κ2) is 8.79. The predicted octanol–water partition coefficient (Wildman–Crippen LogP) is 6.12. The Morgan fingerprint density at radius 3 is 2.62 bits per heavy atom. The molecule has 1 aromatic heterocycles. The van der Waals surface area contributed by atoms with Crippen molar-refractivity contribution in [1.82, 2.24) is 9.47 Å². The van der Waals surface area contributed by atoms with Crippen LogP contribution in [0.3, 0.4) is 0 Å². The van der Waals surface area contributed by atoms with Gasteiger partial charge in [-0.2, -0.15) is 0 Å². The Balaban J connectivity index is 1.51. The maximum absolute atomic E-state index is 14.2. The Morgan fingerprint density at radius 1 is 1.03 bits per heavy atom. The minimum absolute atomic E-state index is 0.0426. The largest absolute Gasteiger partial charge is 0.489 e. The van der Waals surface area contributed by atoms with Gasteiger partial charge in [0.2, 0.25) is 0 Å². The predicted molar refractivity (Wildman–Crippen MR) is 141 cm³/mol. The van der Waals surface area contributed by atoms with E-state index in [1.165, 1.54) is 0 Å². The second-order valence-electron chi connectivity index (χ2n) is 8.98. The van der Waals surface area contributed by atoms with E-state index in [1.807, 2.05) is 48.5 Å². The van der Waals surface area contributed by atoms with Crippen LogP contribution in [-0.4, -0.2) is 54.7 Å². The van der Waals surface area contributed by atoms with Gasteiger partial charge < -0.3 is 14.0 Å². The van der Waals surface area contributed by atoms with Gasteiger partial charge in [0, 0.05) is 45.2 Å². The number of ketones is 1. The molecule has 0 saturated carbocycles. The zero-order valence-corrected chi connectivity index (χ0v) is 22.0. The third-order valence-electron chi connectivity index (χ3n) is 6.98. The molecular weight excluding hydrogens is 560 g/mol. The number of carbonyl (C=O) groups is 1. The van der Waals surface area contributed by atoms with Crippen LogP contribution in [0, 0.1) is 6.92 Å². The van der Waals surface area contributed by atoms with Crippen LogP contribution in [-0.2, 0) is 4.74 Å². The maximum atomic E-state index is 14.2. The topological polar surface area (TPSA) is 43.7 Å². The highest BCUT2D eigenvalue weighted by Gasteiger charge is 2.31. The lowest BCUT2D eigenvalue weighted by Crippen LogP contribution is -2.42. The van der Waals surface area contributed by atoms with Gasteiger partial charge in [0.15, 0.2) is 5.78 Å². The van der Waals surface area contributed by atoms with Crippen molar-refractivity contribution in [2.75, 3.05) is 39.5 Å². The summed E-state index contributed by atoms with van der Waals surface area (Å²) in [6, 6.07) is 16.1. The number of fused-ring (bicyclic) bond motifs is 1. The molecular formula is C27H24Br2N2O3. The first kappa shape index (κ1) is 22.3. The van der Waals surface area contributed by atoms with Gasteiger partial charge in [-0.1, -0.05) is 62.2 Å². The average Bonchev–Trinajstić information content (AvgIpc) is 3.14. The summed E-state index contributed by atoms with van der Waals surface area (Å²) in [5.74, 6) is 0.891. The normalized spacial score (nSPS) is 18.4. The van der Waals surface area contributed by atoms with Crippen molar-refractivity contribution in [3.05, 3.63) is 74.3 Å². The van der Waals surface area contributed by atoms with Crippen LogP contribution in [0.5, 0.6) is 5.75 Å². The third kappa shape index (κ3) is 3.61. The van der Waals surface area contributed by atoms with Crippen LogP contribution in [0.1, 0.15) is 27.7 Å². The van der Waals surface area contributed by atoms with E-state index < -0.39 is 0 Å². The van der Waals surface area contributed by atoms with Gasteiger partial charge in [0.25, 0.3) is 0 Å². The number of rotatable bonds is 4. The Kier molecular flexibility index (Phi) is 5.76. The molecule has 6 rings (SSSR count). The van der Waals surface area contributed by atoms with Crippen molar-refractivity contribution in [3.63, 3.8) is 0 Å². The molecule has 0 bridgehead atoms. The first-order valence-electron chi connectivity index (χ1n) is 11.5. The molecule has 1 unspecified atom stereocenters. The van der Waals surface area contributed by atoms with E-state index in [2.05, 4.69) is 48.3 Å². The quantitative estimate of drug-likeness (QED) is 0.271. The summed E-state index contributed by atoms with van der Waals surface area (Å²) in [7, 11) is 0. The maximum Gasteiger partial charge on any atom is 0.196 e. The van der Waals surface area contributed by atoms with Crippen molar-refractivity contribution >= 4 is 59.3 Å². The van der Waals surface area contributed by atoms with E-state index in [-0.39, 0.29) is 11.8 Å². The zero-order valence-electron chi connectivity index (χ0n) is 18.8. The number of aromatic nitrogens is 1. The van der Waals surface area contributed by atoms with Gasteiger partial charge in [-0.05, 0) is 35.9 Å². The van der Waals surface area contributed by atoms with E-state index in [9.17, 15) is 4.79 Å². The molecule has 2 aliphatic heterocycles. The van der Waals surface area contributed by atoms with Crippen molar-refractivity contribution in [3.8, 4) is 5.75 Å². The van der Waals surface area contributed by atoms with Crippen molar-refractivity contribution in [1.29, 1.82) is 0 Å². The molecule has 1 saturated heterocycles. The SMILES string of the molecule is Cc1c(C(=O)c2cccc3c(Br)cc(Br)cc23)c2cccc3c2n1C(CN1CCOCC1)CO3. The number of carbonyl (C=O) groups excluding carboxylic acids is 1. The molecule has 34 heavy (non-hydrogen) atoms. The van der Waals surface area contributed by atoms with Crippen LogP contribution in [0.25, 0.3) is 21.7 Å². The minimum atomic E-state index is 0.0426. The van der Waals surface area contributed by atoms with E-state index >= 15 is 0 Å². The summed E-state index contributed by atoms with van der Waals surface area (Å²) in [6.45, 7) is 6.93. The number of para-hydroxylation sites is 1. The van der Waals surface area contributed by atoms with Crippen molar-refractivity contribution < 1.29 is 14.3 Å². The number of benzene rings is 3. The van der Waals surface area contributed by atoms with Crippen LogP contribution in [0.2, 0.25) is 0 Å². The van der Waals surface area contributed by atoms with Crippen LogP contribution < -0.4 is 4.74 Å². The van der Waals surface area contributed by atoms with E-state index in [4.69, 9.17) is 9.47 Å². The molecule has 0 N–H and O–H groups in total. The fourth-order valence-corrected chi connectivity index (χ4v) is 6.79. The molecule has 7 heteroatoms. The molecule has 1 fully saturated rings. The lowest BCUT2D eigenvalue weighted by Gasteiger charge is -2.34. The summed E-state index contributed by atoms with van der Waals surface area (Å²) in [6.07, 6.45) is 0. The monoisotopic (exact) mass is 582 g/mol. The highest BCUT2D eigenvalue weighted by Crippen LogP contribution is 2.40. The second-order valence-corrected chi connectivity index (χ2v) is 10.7. The van der Waals surface area contributed by atoms with Crippen LogP contribution >= 0.6 is 31.9 Å². The molecule has 0 spiro atoms. The number of ether oxygens (including phenoxy) is 2. The number of hydrogen-bond donors (Lipinski definition) is 0. The molecule has 0 amide bonds. The molecule has 4 aromatic rings. The lowest BCUT2D eigenvalue weighted by atomic mass is 9.95. The molecule has 1 atom stereocenters. The highest BCUT2D eigenvalue weighted by molar-refractivity contribution is 9.11. The molecule has 5 nitrogen and oxygen atoms in total. The lowest BCUT2D eigenvalue weighted by molar-refractivity contribution is 0.0272. The highest BCUT2D eigenvalue weighted by atomic mass is 79.9. The van der Waals surface area contributed by atoms with Gasteiger partial charge in [-0.15, -0.1) is 0 Å². The Morgan fingerprint density at radius 2 is 1.79 bits per heavy atom. The van der Waals surface area contributed by atoms with Gasteiger partial charge in [0.1, 0.15) is 12.4 Å².